The van der Waals surface area contributed by atoms with Gasteiger partial charge < -0.3 is 15.1 Å². The van der Waals surface area contributed by atoms with E-state index in [9.17, 15) is 19.8 Å². The van der Waals surface area contributed by atoms with Gasteiger partial charge in [-0.25, -0.2) is 4.79 Å². The molecule has 0 bridgehead atoms. The van der Waals surface area contributed by atoms with Crippen molar-refractivity contribution in [3.63, 3.8) is 0 Å². The maximum Gasteiger partial charge on any atom is 0.326 e. The van der Waals surface area contributed by atoms with Gasteiger partial charge in [-0.1, -0.05) is 22.0 Å². The molecule has 21 heavy (non-hydrogen) atoms. The molecule has 1 aliphatic rings. The number of carboxylic acid groups (broad SMARTS) is 1. The molecule has 0 aliphatic carbocycles. The van der Waals surface area contributed by atoms with Crippen LogP contribution in [0.1, 0.15) is 12.0 Å². The molecule has 2 N–H and O–H groups in total. The number of aliphatic carboxylic acids is 1. The first-order chi connectivity index (χ1) is 9.92. The summed E-state index contributed by atoms with van der Waals surface area (Å²) in [6, 6.07) is 3.97. The maximum absolute atomic E-state index is 12.0. The predicted octanol–water partition coefficient (Wildman–Crippen LogP) is 2.39. The lowest BCUT2D eigenvalue weighted by Gasteiger charge is -2.25. The molecule has 0 spiro atoms. The molecule has 0 radical (unpaired) electrons. The van der Waals surface area contributed by atoms with Gasteiger partial charge in [0.2, 0.25) is 5.91 Å². The van der Waals surface area contributed by atoms with E-state index in [0.29, 0.717) is 22.8 Å². The normalized spacial score (nSPS) is 19.8. The summed E-state index contributed by atoms with van der Waals surface area (Å²) in [5, 5.41) is 19.6. The minimum absolute atomic E-state index is 0.0993. The molecule has 1 aromatic rings. The van der Waals surface area contributed by atoms with Gasteiger partial charge in [0.1, 0.15) is 11.8 Å². The highest BCUT2D eigenvalue weighted by Gasteiger charge is 2.37. The summed E-state index contributed by atoms with van der Waals surface area (Å²) < 4.78 is 0.509. The second kappa shape index (κ2) is 6.79. The number of benzene rings is 1. The SMILES string of the molecule is O=C(O)[C@H](Cc1ccc(O)c(Br)c1)N1CC(CBr)CC1=O. The molecule has 0 aromatic heterocycles. The molecule has 7 heteroatoms. The fourth-order valence-electron chi connectivity index (χ4n) is 2.44. The number of phenols is 1. The number of carbonyl (C=O) groups is 2. The number of likely N-dealkylation sites (tertiary alicyclic amines) is 1. The van der Waals surface area contributed by atoms with E-state index in [1.54, 1.807) is 12.1 Å². The summed E-state index contributed by atoms with van der Waals surface area (Å²) in [6.45, 7) is 0.459. The highest BCUT2D eigenvalue weighted by atomic mass is 79.9. The summed E-state index contributed by atoms with van der Waals surface area (Å²) in [5.41, 5.74) is 0.752. The molecule has 1 unspecified atom stereocenters. The minimum atomic E-state index is -1.01. The fourth-order valence-corrected chi connectivity index (χ4v) is 3.30. The van der Waals surface area contributed by atoms with E-state index < -0.39 is 12.0 Å². The molecule has 1 amide bonds. The summed E-state index contributed by atoms with van der Waals surface area (Å²) in [7, 11) is 0. The van der Waals surface area contributed by atoms with Crippen LogP contribution < -0.4 is 0 Å². The number of carbonyl (C=O) groups excluding carboxylic acids is 1. The van der Waals surface area contributed by atoms with Gasteiger partial charge in [-0.15, -0.1) is 0 Å². The number of amides is 1. The summed E-state index contributed by atoms with van der Waals surface area (Å²) in [4.78, 5) is 24.9. The van der Waals surface area contributed by atoms with Gasteiger partial charge in [-0.2, -0.15) is 0 Å². The highest BCUT2D eigenvalue weighted by Crippen LogP contribution is 2.27. The number of hydrogen-bond donors (Lipinski definition) is 2. The van der Waals surface area contributed by atoms with Crippen LogP contribution in [-0.2, 0) is 16.0 Å². The zero-order valence-electron chi connectivity index (χ0n) is 11.1. The molecule has 1 fully saturated rings. The van der Waals surface area contributed by atoms with E-state index in [4.69, 9.17) is 0 Å². The quantitative estimate of drug-likeness (QED) is 0.717. The van der Waals surface area contributed by atoms with E-state index in [-0.39, 0.29) is 24.0 Å². The molecule has 1 heterocycles. The molecular formula is C14H15Br2NO4. The highest BCUT2D eigenvalue weighted by molar-refractivity contribution is 9.10. The Labute approximate surface area is 139 Å². The van der Waals surface area contributed by atoms with Crippen molar-refractivity contribution in [1.82, 2.24) is 4.90 Å². The van der Waals surface area contributed by atoms with Gasteiger partial charge in [-0.3, -0.25) is 4.79 Å². The molecule has 1 aromatic carbocycles. The van der Waals surface area contributed by atoms with Gasteiger partial charge in [0.15, 0.2) is 0 Å². The second-order valence-corrected chi connectivity index (χ2v) is 6.62. The Bertz CT molecular complexity index is 564. The number of carboxylic acids is 1. The molecule has 1 aliphatic heterocycles. The van der Waals surface area contributed by atoms with E-state index in [2.05, 4.69) is 31.9 Å². The van der Waals surface area contributed by atoms with Crippen molar-refractivity contribution in [2.75, 3.05) is 11.9 Å². The molecule has 0 saturated carbocycles. The Balaban J connectivity index is 2.18. The van der Waals surface area contributed by atoms with Crippen molar-refractivity contribution in [2.24, 2.45) is 5.92 Å². The first kappa shape index (κ1) is 16.3. The van der Waals surface area contributed by atoms with Gasteiger partial charge in [-0.05, 0) is 39.5 Å². The lowest BCUT2D eigenvalue weighted by molar-refractivity contribution is -0.148. The molecule has 5 nitrogen and oxygen atoms in total. The number of aromatic hydroxyl groups is 1. The fraction of sp³-hybridized carbons (Fsp3) is 0.429. The third-order valence-electron chi connectivity index (χ3n) is 3.56. The average molecular weight is 421 g/mol. The second-order valence-electron chi connectivity index (χ2n) is 5.11. The van der Waals surface area contributed by atoms with E-state index in [1.165, 1.54) is 11.0 Å². The van der Waals surface area contributed by atoms with E-state index in [0.717, 1.165) is 5.56 Å². The number of halogens is 2. The standard InChI is InChI=1S/C14H15Br2NO4/c15-6-9-5-13(19)17(7-9)11(14(20)21)4-8-1-2-12(18)10(16)3-8/h1-3,9,11,18H,4-7H2,(H,20,21)/t9?,11-/m0/s1. The van der Waals surface area contributed by atoms with Crippen molar-refractivity contribution >= 4 is 43.7 Å². The first-order valence-corrected chi connectivity index (χ1v) is 8.39. The zero-order valence-corrected chi connectivity index (χ0v) is 14.3. The zero-order chi connectivity index (χ0) is 15.6. The third kappa shape index (κ3) is 3.77. The van der Waals surface area contributed by atoms with Crippen LogP contribution in [0.3, 0.4) is 0 Å². The number of alkyl halides is 1. The van der Waals surface area contributed by atoms with Crippen molar-refractivity contribution in [1.29, 1.82) is 0 Å². The monoisotopic (exact) mass is 419 g/mol. The lowest BCUT2D eigenvalue weighted by atomic mass is 10.0. The molecule has 2 atom stereocenters. The Hall–Kier alpha value is -1.08. The van der Waals surface area contributed by atoms with Crippen LogP contribution in [0.2, 0.25) is 0 Å². The maximum atomic E-state index is 12.0. The van der Waals surface area contributed by atoms with Crippen LogP contribution in [0.4, 0.5) is 0 Å². The topological polar surface area (TPSA) is 77.8 Å². The summed E-state index contributed by atoms with van der Waals surface area (Å²) in [5.74, 6) is -0.874. The molecular weight excluding hydrogens is 406 g/mol. The van der Waals surface area contributed by atoms with Crippen molar-refractivity contribution < 1.29 is 19.8 Å². The van der Waals surface area contributed by atoms with Crippen molar-refractivity contribution in [3.05, 3.63) is 28.2 Å². The van der Waals surface area contributed by atoms with Crippen molar-refractivity contribution in [2.45, 2.75) is 18.9 Å². The van der Waals surface area contributed by atoms with Crippen LogP contribution >= 0.6 is 31.9 Å². The van der Waals surface area contributed by atoms with Crippen LogP contribution in [0.15, 0.2) is 22.7 Å². The van der Waals surface area contributed by atoms with Gasteiger partial charge in [0, 0.05) is 24.7 Å². The lowest BCUT2D eigenvalue weighted by Crippen LogP contribution is -2.43. The van der Waals surface area contributed by atoms with Crippen LogP contribution in [0.25, 0.3) is 0 Å². The van der Waals surface area contributed by atoms with Crippen LogP contribution in [0, 0.1) is 5.92 Å². The van der Waals surface area contributed by atoms with E-state index in [1.807, 2.05) is 0 Å². The number of phenolic OH excluding ortho intramolecular Hbond substituents is 1. The van der Waals surface area contributed by atoms with Gasteiger partial charge in [0.05, 0.1) is 4.47 Å². The van der Waals surface area contributed by atoms with Crippen molar-refractivity contribution in [3.8, 4) is 5.75 Å². The molecule has 2 rings (SSSR count). The number of nitrogens with zero attached hydrogens (tertiary/aromatic N) is 1. The summed E-state index contributed by atoms with van der Waals surface area (Å²) >= 11 is 6.55. The first-order valence-electron chi connectivity index (χ1n) is 6.48. The minimum Gasteiger partial charge on any atom is -0.507 e. The number of rotatable bonds is 5. The number of hydrogen-bond acceptors (Lipinski definition) is 3. The Morgan fingerprint density at radius 1 is 1.48 bits per heavy atom. The summed E-state index contributed by atoms with van der Waals surface area (Å²) in [6.07, 6.45) is 0.600. The predicted molar refractivity (Wildman–Crippen MR) is 84.5 cm³/mol. The van der Waals surface area contributed by atoms with Crippen LogP contribution in [0.5, 0.6) is 5.75 Å². The average Bonchev–Trinajstić information content (AvgIpc) is 2.80. The van der Waals surface area contributed by atoms with Crippen LogP contribution in [-0.4, -0.2) is 44.9 Å². The Kier molecular flexibility index (Phi) is 5.27. The van der Waals surface area contributed by atoms with Gasteiger partial charge >= 0.3 is 5.97 Å². The smallest absolute Gasteiger partial charge is 0.326 e. The Morgan fingerprint density at radius 2 is 2.19 bits per heavy atom. The molecule has 114 valence electrons. The third-order valence-corrected chi connectivity index (χ3v) is 5.11. The largest absolute Gasteiger partial charge is 0.507 e. The molecule has 1 saturated heterocycles. The Morgan fingerprint density at radius 3 is 2.71 bits per heavy atom. The van der Waals surface area contributed by atoms with E-state index >= 15 is 0 Å². The van der Waals surface area contributed by atoms with Gasteiger partial charge in [0.25, 0.3) is 0 Å².